The first kappa shape index (κ1) is 18.5. The van der Waals surface area contributed by atoms with Crippen molar-refractivity contribution in [2.75, 3.05) is 13.1 Å². The molecule has 4 heteroatoms. The third-order valence-electron chi connectivity index (χ3n) is 4.69. The molecule has 1 fully saturated rings. The summed E-state index contributed by atoms with van der Waals surface area (Å²) in [5, 5.41) is 3.22. The number of benzene rings is 1. The Bertz CT molecular complexity index is 542. The molecule has 1 heterocycles. The van der Waals surface area contributed by atoms with Gasteiger partial charge in [0.25, 0.3) is 0 Å². The van der Waals surface area contributed by atoms with Crippen molar-refractivity contribution in [1.29, 1.82) is 0 Å². The molecule has 0 aromatic heterocycles. The first-order valence-corrected chi connectivity index (χ1v) is 9.17. The van der Waals surface area contributed by atoms with Gasteiger partial charge >= 0.3 is 0 Å². The topological polar surface area (TPSA) is 49.4 Å². The summed E-state index contributed by atoms with van der Waals surface area (Å²) < 4.78 is 0. The van der Waals surface area contributed by atoms with E-state index in [1.165, 1.54) is 0 Å². The molecule has 0 aliphatic carbocycles. The van der Waals surface area contributed by atoms with E-state index in [4.69, 9.17) is 0 Å². The fraction of sp³-hybridized carbons (Fsp3) is 0.600. The molecule has 1 aliphatic heterocycles. The molecule has 0 radical (unpaired) electrons. The van der Waals surface area contributed by atoms with Gasteiger partial charge in [0.2, 0.25) is 11.8 Å². The standard InChI is InChI=1S/C20H30N2O2/c1-4-9-18(16-10-6-5-7-11-16)21-19(23)17-12-8-13-22(14-17)20(24)15(2)3/h5-7,10-11,15,17-18H,4,8-9,12-14H2,1-3H3,(H,21,23)/t17-,18-/m1/s1. The fourth-order valence-corrected chi connectivity index (χ4v) is 3.34. The van der Waals surface area contributed by atoms with E-state index in [0.717, 1.165) is 37.8 Å². The Hall–Kier alpha value is -1.84. The molecule has 2 amide bonds. The molecule has 0 unspecified atom stereocenters. The predicted octanol–water partition coefficient (Wildman–Crippen LogP) is 3.54. The average molecular weight is 330 g/mol. The zero-order chi connectivity index (χ0) is 17.5. The Morgan fingerprint density at radius 3 is 2.58 bits per heavy atom. The number of nitrogens with zero attached hydrogens (tertiary/aromatic N) is 1. The molecule has 2 atom stereocenters. The number of likely N-dealkylation sites (tertiary alicyclic amines) is 1. The molecule has 1 saturated heterocycles. The lowest BCUT2D eigenvalue weighted by atomic mass is 9.94. The summed E-state index contributed by atoms with van der Waals surface area (Å²) in [5.41, 5.74) is 1.15. The van der Waals surface area contributed by atoms with E-state index < -0.39 is 0 Å². The lowest BCUT2D eigenvalue weighted by Crippen LogP contribution is -2.47. The first-order valence-electron chi connectivity index (χ1n) is 9.17. The number of amides is 2. The van der Waals surface area contributed by atoms with Crippen LogP contribution < -0.4 is 5.32 Å². The Balaban J connectivity index is 2.00. The molecule has 0 bridgehead atoms. The van der Waals surface area contributed by atoms with E-state index in [-0.39, 0.29) is 29.7 Å². The number of hydrogen-bond donors (Lipinski definition) is 1. The van der Waals surface area contributed by atoms with E-state index >= 15 is 0 Å². The monoisotopic (exact) mass is 330 g/mol. The lowest BCUT2D eigenvalue weighted by molar-refractivity contribution is -0.138. The van der Waals surface area contributed by atoms with Gasteiger partial charge in [-0.3, -0.25) is 9.59 Å². The largest absolute Gasteiger partial charge is 0.349 e. The highest BCUT2D eigenvalue weighted by Gasteiger charge is 2.30. The van der Waals surface area contributed by atoms with E-state index in [2.05, 4.69) is 24.4 Å². The van der Waals surface area contributed by atoms with Gasteiger partial charge in [-0.1, -0.05) is 57.5 Å². The van der Waals surface area contributed by atoms with Crippen LogP contribution in [0.25, 0.3) is 0 Å². The summed E-state index contributed by atoms with van der Waals surface area (Å²) >= 11 is 0. The quantitative estimate of drug-likeness (QED) is 0.867. The van der Waals surface area contributed by atoms with Gasteiger partial charge in [0, 0.05) is 19.0 Å². The summed E-state index contributed by atoms with van der Waals surface area (Å²) in [6.45, 7) is 7.29. The molecular weight excluding hydrogens is 300 g/mol. The van der Waals surface area contributed by atoms with Crippen LogP contribution in [0, 0.1) is 11.8 Å². The van der Waals surface area contributed by atoms with Gasteiger partial charge in [-0.2, -0.15) is 0 Å². The Kier molecular flexibility index (Phi) is 6.83. The minimum Gasteiger partial charge on any atom is -0.349 e. The highest BCUT2D eigenvalue weighted by Crippen LogP contribution is 2.22. The van der Waals surface area contributed by atoms with Crippen molar-refractivity contribution >= 4 is 11.8 Å². The van der Waals surface area contributed by atoms with E-state index in [0.29, 0.717) is 6.54 Å². The maximum absolute atomic E-state index is 12.7. The lowest BCUT2D eigenvalue weighted by Gasteiger charge is -2.34. The molecule has 1 aromatic carbocycles. The SMILES string of the molecule is CCC[C@@H](NC(=O)[C@@H]1CCCN(C(=O)C(C)C)C1)c1ccccc1. The van der Waals surface area contributed by atoms with Crippen LogP contribution in [0.1, 0.15) is 58.1 Å². The summed E-state index contributed by atoms with van der Waals surface area (Å²) in [4.78, 5) is 26.8. The Labute approximate surface area is 145 Å². The Morgan fingerprint density at radius 2 is 1.96 bits per heavy atom. The van der Waals surface area contributed by atoms with E-state index in [9.17, 15) is 9.59 Å². The van der Waals surface area contributed by atoms with Crippen LogP contribution in [-0.4, -0.2) is 29.8 Å². The minimum absolute atomic E-state index is 0.0102. The van der Waals surface area contributed by atoms with Crippen LogP contribution in [0.5, 0.6) is 0 Å². The van der Waals surface area contributed by atoms with E-state index in [1.54, 1.807) is 0 Å². The molecule has 2 rings (SSSR count). The van der Waals surface area contributed by atoms with Gasteiger partial charge in [0.05, 0.1) is 12.0 Å². The van der Waals surface area contributed by atoms with Gasteiger partial charge in [0.1, 0.15) is 0 Å². The van der Waals surface area contributed by atoms with Crippen LogP contribution in [0.4, 0.5) is 0 Å². The van der Waals surface area contributed by atoms with Crippen molar-refractivity contribution in [2.24, 2.45) is 11.8 Å². The summed E-state index contributed by atoms with van der Waals surface area (Å²) in [5.74, 6) is 0.132. The third kappa shape index (κ3) is 4.83. The van der Waals surface area contributed by atoms with Crippen molar-refractivity contribution in [3.63, 3.8) is 0 Å². The smallest absolute Gasteiger partial charge is 0.225 e. The number of nitrogens with one attached hydrogen (secondary N) is 1. The molecule has 1 N–H and O–H groups in total. The van der Waals surface area contributed by atoms with Gasteiger partial charge in [-0.05, 0) is 24.8 Å². The van der Waals surface area contributed by atoms with Gasteiger partial charge in [0.15, 0.2) is 0 Å². The highest BCUT2D eigenvalue weighted by atomic mass is 16.2. The number of rotatable bonds is 6. The van der Waals surface area contributed by atoms with Crippen LogP contribution in [0.2, 0.25) is 0 Å². The number of hydrogen-bond acceptors (Lipinski definition) is 2. The molecule has 4 nitrogen and oxygen atoms in total. The molecular formula is C20H30N2O2. The third-order valence-corrected chi connectivity index (χ3v) is 4.69. The molecule has 0 spiro atoms. The Morgan fingerprint density at radius 1 is 1.25 bits per heavy atom. The second kappa shape index (κ2) is 8.86. The number of carbonyl (C=O) groups is 2. The second-order valence-electron chi connectivity index (χ2n) is 7.04. The normalized spacial score (nSPS) is 19.2. The van der Waals surface area contributed by atoms with Crippen molar-refractivity contribution in [1.82, 2.24) is 10.2 Å². The fourth-order valence-electron chi connectivity index (χ4n) is 3.34. The molecule has 24 heavy (non-hydrogen) atoms. The average Bonchev–Trinajstić information content (AvgIpc) is 2.61. The maximum atomic E-state index is 12.7. The molecule has 1 aliphatic rings. The highest BCUT2D eigenvalue weighted by molar-refractivity contribution is 5.82. The number of carbonyl (C=O) groups excluding carboxylic acids is 2. The van der Waals surface area contributed by atoms with Crippen LogP contribution in [0.15, 0.2) is 30.3 Å². The zero-order valence-corrected chi connectivity index (χ0v) is 15.1. The number of piperidine rings is 1. The summed E-state index contributed by atoms with van der Waals surface area (Å²) in [6.07, 6.45) is 3.71. The van der Waals surface area contributed by atoms with Crippen molar-refractivity contribution < 1.29 is 9.59 Å². The summed E-state index contributed by atoms with van der Waals surface area (Å²) in [7, 11) is 0. The zero-order valence-electron chi connectivity index (χ0n) is 15.1. The van der Waals surface area contributed by atoms with Gasteiger partial charge in [-0.25, -0.2) is 0 Å². The molecule has 1 aromatic rings. The van der Waals surface area contributed by atoms with Gasteiger partial charge < -0.3 is 10.2 Å². The first-order chi connectivity index (χ1) is 11.5. The van der Waals surface area contributed by atoms with Crippen LogP contribution in [-0.2, 0) is 9.59 Å². The van der Waals surface area contributed by atoms with Crippen molar-refractivity contribution in [2.45, 2.75) is 52.5 Å². The van der Waals surface area contributed by atoms with Gasteiger partial charge in [-0.15, -0.1) is 0 Å². The summed E-state index contributed by atoms with van der Waals surface area (Å²) in [6, 6.07) is 10.2. The van der Waals surface area contributed by atoms with Crippen molar-refractivity contribution in [3.05, 3.63) is 35.9 Å². The van der Waals surface area contributed by atoms with Crippen LogP contribution in [0.3, 0.4) is 0 Å². The second-order valence-corrected chi connectivity index (χ2v) is 7.04. The minimum atomic E-state index is -0.0930. The molecule has 0 saturated carbocycles. The molecule has 132 valence electrons. The van der Waals surface area contributed by atoms with E-state index in [1.807, 2.05) is 36.9 Å². The van der Waals surface area contributed by atoms with Crippen LogP contribution >= 0.6 is 0 Å². The maximum Gasteiger partial charge on any atom is 0.225 e. The van der Waals surface area contributed by atoms with Crippen molar-refractivity contribution in [3.8, 4) is 0 Å². The predicted molar refractivity (Wildman–Crippen MR) is 96.4 cm³/mol.